The fraction of sp³-hybridized carbons (Fsp3) is 0.286. The van der Waals surface area contributed by atoms with E-state index in [1.165, 1.54) is 11.3 Å². The number of halogens is 4. The molecule has 122 valence electrons. The van der Waals surface area contributed by atoms with Crippen LogP contribution in [0.2, 0.25) is 0 Å². The Balaban J connectivity index is 0.00000192. The fourth-order valence-electron chi connectivity index (χ4n) is 2.15. The van der Waals surface area contributed by atoms with Crippen molar-refractivity contribution in [2.45, 2.75) is 11.8 Å². The van der Waals surface area contributed by atoms with Crippen LogP contribution in [0.25, 0.3) is 0 Å². The van der Waals surface area contributed by atoms with Crippen LogP contribution in [-0.2, 0) is 11.8 Å². The Morgan fingerprint density at radius 1 is 1.35 bits per heavy atom. The van der Waals surface area contributed by atoms with Crippen LogP contribution in [0.3, 0.4) is 0 Å². The maximum atomic E-state index is 12.8. The standard InChI is InChI=1S/C14H10F3N3OS.ClH/c15-14(16,17)10-2-1-9(6-18)11(5-10)21-13(7-19-8-13)12-20-3-4-22-12;/h1-5,19H,7-8H2;1H. The largest absolute Gasteiger partial charge is 0.476 e. The van der Waals surface area contributed by atoms with Gasteiger partial charge in [-0.1, -0.05) is 0 Å². The molecule has 0 aliphatic carbocycles. The first kappa shape index (κ1) is 17.5. The minimum absolute atomic E-state index is 0. The van der Waals surface area contributed by atoms with E-state index in [0.717, 1.165) is 18.2 Å². The van der Waals surface area contributed by atoms with Gasteiger partial charge in [-0.2, -0.15) is 18.4 Å². The average Bonchev–Trinajstić information content (AvgIpc) is 2.96. The average molecular weight is 362 g/mol. The molecule has 0 amide bonds. The lowest BCUT2D eigenvalue weighted by Gasteiger charge is -2.41. The minimum Gasteiger partial charge on any atom is -0.476 e. The number of ether oxygens (including phenoxy) is 1. The van der Waals surface area contributed by atoms with Crippen molar-refractivity contribution in [3.8, 4) is 11.8 Å². The van der Waals surface area contributed by atoms with Gasteiger partial charge in [-0.3, -0.25) is 0 Å². The summed E-state index contributed by atoms with van der Waals surface area (Å²) in [4.78, 5) is 4.18. The molecule has 0 saturated carbocycles. The molecule has 9 heteroatoms. The number of benzene rings is 1. The Bertz CT molecular complexity index is 724. The van der Waals surface area contributed by atoms with E-state index in [-0.39, 0.29) is 23.7 Å². The topological polar surface area (TPSA) is 57.9 Å². The molecule has 0 bridgehead atoms. The highest BCUT2D eigenvalue weighted by molar-refractivity contribution is 7.09. The molecule has 0 radical (unpaired) electrons. The first-order valence-corrected chi connectivity index (χ1v) is 7.24. The molecule has 2 aromatic rings. The number of nitrogens with zero attached hydrogens (tertiary/aromatic N) is 2. The van der Waals surface area contributed by atoms with Crippen molar-refractivity contribution < 1.29 is 17.9 Å². The lowest BCUT2D eigenvalue weighted by Crippen LogP contribution is -2.60. The number of hydrogen-bond donors (Lipinski definition) is 1. The number of rotatable bonds is 3. The van der Waals surface area contributed by atoms with Crippen molar-refractivity contribution in [2.75, 3.05) is 13.1 Å². The summed E-state index contributed by atoms with van der Waals surface area (Å²) >= 11 is 1.37. The number of nitrogens with one attached hydrogen (secondary N) is 1. The zero-order chi connectivity index (χ0) is 15.8. The second-order valence-electron chi connectivity index (χ2n) is 4.86. The smallest absolute Gasteiger partial charge is 0.416 e. The molecule has 0 atom stereocenters. The molecule has 23 heavy (non-hydrogen) atoms. The molecule has 1 fully saturated rings. The highest BCUT2D eigenvalue weighted by Crippen LogP contribution is 2.38. The normalized spacial score (nSPS) is 15.9. The van der Waals surface area contributed by atoms with Crippen LogP contribution in [0, 0.1) is 11.3 Å². The van der Waals surface area contributed by atoms with Crippen molar-refractivity contribution in [1.82, 2.24) is 10.3 Å². The van der Waals surface area contributed by atoms with E-state index in [9.17, 15) is 13.2 Å². The van der Waals surface area contributed by atoms with Crippen LogP contribution in [0.15, 0.2) is 29.8 Å². The first-order chi connectivity index (χ1) is 10.4. The quantitative estimate of drug-likeness (QED) is 0.911. The Morgan fingerprint density at radius 2 is 2.09 bits per heavy atom. The number of aromatic nitrogens is 1. The van der Waals surface area contributed by atoms with Crippen LogP contribution in [0.4, 0.5) is 13.2 Å². The van der Waals surface area contributed by atoms with E-state index >= 15 is 0 Å². The predicted molar refractivity (Wildman–Crippen MR) is 80.7 cm³/mol. The van der Waals surface area contributed by atoms with Crippen LogP contribution < -0.4 is 10.1 Å². The van der Waals surface area contributed by atoms with E-state index in [1.54, 1.807) is 11.6 Å². The summed E-state index contributed by atoms with van der Waals surface area (Å²) in [5, 5.41) is 14.6. The molecule has 0 spiro atoms. The highest BCUT2D eigenvalue weighted by Gasteiger charge is 2.44. The third-order valence-corrected chi connectivity index (χ3v) is 4.34. The van der Waals surface area contributed by atoms with Crippen LogP contribution >= 0.6 is 23.7 Å². The Morgan fingerprint density at radius 3 is 2.57 bits per heavy atom. The number of nitriles is 1. The van der Waals surface area contributed by atoms with E-state index in [1.807, 2.05) is 6.07 Å². The van der Waals surface area contributed by atoms with E-state index in [4.69, 9.17) is 10.00 Å². The molecule has 0 unspecified atom stereocenters. The van der Waals surface area contributed by atoms with Gasteiger partial charge in [0.25, 0.3) is 0 Å². The molecular weight excluding hydrogens is 351 g/mol. The lowest BCUT2D eigenvalue weighted by atomic mass is 9.97. The molecule has 3 rings (SSSR count). The van der Waals surface area contributed by atoms with Crippen LogP contribution in [0.5, 0.6) is 5.75 Å². The molecule has 1 aromatic heterocycles. The number of hydrogen-bond acceptors (Lipinski definition) is 5. The van der Waals surface area contributed by atoms with Gasteiger partial charge < -0.3 is 10.1 Å². The predicted octanol–water partition coefficient (Wildman–Crippen LogP) is 3.33. The van der Waals surface area contributed by atoms with Gasteiger partial charge in [-0.25, -0.2) is 4.98 Å². The van der Waals surface area contributed by atoms with E-state index in [2.05, 4.69) is 10.3 Å². The summed E-state index contributed by atoms with van der Waals surface area (Å²) in [5.41, 5.74) is -1.59. The van der Waals surface area contributed by atoms with Gasteiger partial charge in [0.05, 0.1) is 11.1 Å². The summed E-state index contributed by atoms with van der Waals surface area (Å²) < 4.78 is 44.3. The molecule has 1 N–H and O–H groups in total. The molecule has 4 nitrogen and oxygen atoms in total. The van der Waals surface area contributed by atoms with Crippen molar-refractivity contribution in [3.63, 3.8) is 0 Å². The summed E-state index contributed by atoms with van der Waals surface area (Å²) in [6.45, 7) is 0.864. The maximum absolute atomic E-state index is 12.8. The first-order valence-electron chi connectivity index (χ1n) is 6.36. The van der Waals surface area contributed by atoms with Crippen molar-refractivity contribution in [3.05, 3.63) is 45.9 Å². The SMILES string of the molecule is Cl.N#Cc1ccc(C(F)(F)F)cc1OC1(c2nccs2)CNC1. The Labute approximate surface area is 140 Å². The number of thiazole rings is 1. The Kier molecular flexibility index (Phi) is 4.84. The minimum atomic E-state index is -4.49. The van der Waals surface area contributed by atoms with Gasteiger partial charge >= 0.3 is 6.18 Å². The second kappa shape index (κ2) is 6.35. The Hall–Kier alpha value is -1.82. The third-order valence-electron chi connectivity index (χ3n) is 3.38. The van der Waals surface area contributed by atoms with Crippen LogP contribution in [-0.4, -0.2) is 18.1 Å². The lowest BCUT2D eigenvalue weighted by molar-refractivity contribution is -0.137. The number of alkyl halides is 3. The van der Waals surface area contributed by atoms with Gasteiger partial charge in [-0.15, -0.1) is 23.7 Å². The van der Waals surface area contributed by atoms with Gasteiger partial charge in [0.2, 0.25) is 0 Å². The molecule has 1 saturated heterocycles. The van der Waals surface area contributed by atoms with Crippen LogP contribution in [0.1, 0.15) is 16.1 Å². The maximum Gasteiger partial charge on any atom is 0.416 e. The van der Waals surface area contributed by atoms with Crippen molar-refractivity contribution in [2.24, 2.45) is 0 Å². The molecule has 1 aromatic carbocycles. The van der Waals surface area contributed by atoms with Gasteiger partial charge in [0, 0.05) is 24.7 Å². The molecule has 1 aliphatic heterocycles. The third kappa shape index (κ3) is 3.27. The summed E-state index contributed by atoms with van der Waals surface area (Å²) in [5.74, 6) is -0.0750. The van der Waals surface area contributed by atoms with Crippen molar-refractivity contribution in [1.29, 1.82) is 5.26 Å². The van der Waals surface area contributed by atoms with Gasteiger partial charge in [0.1, 0.15) is 16.8 Å². The summed E-state index contributed by atoms with van der Waals surface area (Å²) in [7, 11) is 0. The second-order valence-corrected chi connectivity index (χ2v) is 5.75. The monoisotopic (exact) mass is 361 g/mol. The zero-order valence-corrected chi connectivity index (χ0v) is 13.2. The fourth-order valence-corrected chi connectivity index (χ4v) is 2.93. The highest BCUT2D eigenvalue weighted by atomic mass is 35.5. The van der Waals surface area contributed by atoms with E-state index < -0.39 is 17.3 Å². The van der Waals surface area contributed by atoms with Crippen molar-refractivity contribution >= 4 is 23.7 Å². The van der Waals surface area contributed by atoms with E-state index in [0.29, 0.717) is 18.1 Å². The summed E-state index contributed by atoms with van der Waals surface area (Å²) in [6.07, 6.45) is -2.88. The molecule has 1 aliphatic rings. The summed E-state index contributed by atoms with van der Waals surface area (Å²) in [6, 6.07) is 4.73. The molecular formula is C14H11ClF3N3OS. The van der Waals surface area contributed by atoms with Gasteiger partial charge in [0.15, 0.2) is 5.60 Å². The molecule has 2 heterocycles. The zero-order valence-electron chi connectivity index (χ0n) is 11.6. The van der Waals surface area contributed by atoms with Gasteiger partial charge in [-0.05, 0) is 18.2 Å².